The first kappa shape index (κ1) is 16.7. The monoisotopic (exact) mass is 289 g/mol. The van der Waals surface area contributed by atoms with Crippen molar-refractivity contribution in [3.63, 3.8) is 0 Å². The number of rotatable bonds is 6. The van der Waals surface area contributed by atoms with Crippen LogP contribution in [0.3, 0.4) is 0 Å². The van der Waals surface area contributed by atoms with Gasteiger partial charge in [0.25, 0.3) is 0 Å². The minimum atomic E-state index is 0. The van der Waals surface area contributed by atoms with E-state index in [0.717, 1.165) is 6.42 Å². The summed E-state index contributed by atoms with van der Waals surface area (Å²) in [6.07, 6.45) is 3.46. The summed E-state index contributed by atoms with van der Waals surface area (Å²) >= 11 is 0. The van der Waals surface area contributed by atoms with Crippen molar-refractivity contribution in [3.05, 3.63) is 71.8 Å². The van der Waals surface area contributed by atoms with Crippen molar-refractivity contribution in [1.82, 2.24) is 0 Å². The van der Waals surface area contributed by atoms with Gasteiger partial charge in [0.2, 0.25) is 0 Å². The van der Waals surface area contributed by atoms with E-state index in [-0.39, 0.29) is 18.4 Å². The van der Waals surface area contributed by atoms with E-state index in [4.69, 9.17) is 5.73 Å². The minimum Gasteiger partial charge on any atom is -0.327 e. The molecule has 2 aromatic carbocycles. The molecule has 0 aliphatic carbocycles. The van der Waals surface area contributed by atoms with Gasteiger partial charge in [-0.05, 0) is 17.5 Å². The van der Waals surface area contributed by atoms with E-state index in [0.29, 0.717) is 5.92 Å². The number of unbranched alkanes of at least 4 members (excludes halogenated alkanes) is 1. The van der Waals surface area contributed by atoms with E-state index in [1.54, 1.807) is 0 Å². The minimum absolute atomic E-state index is 0. The maximum absolute atomic E-state index is 6.47. The van der Waals surface area contributed by atoms with Crippen molar-refractivity contribution in [2.75, 3.05) is 0 Å². The molecule has 0 saturated heterocycles. The third kappa shape index (κ3) is 4.36. The molecule has 0 fully saturated rings. The first-order valence-corrected chi connectivity index (χ1v) is 7.18. The van der Waals surface area contributed by atoms with E-state index in [9.17, 15) is 0 Å². The topological polar surface area (TPSA) is 26.0 Å². The lowest BCUT2D eigenvalue weighted by molar-refractivity contribution is 0.526. The number of hydrogen-bond acceptors (Lipinski definition) is 1. The van der Waals surface area contributed by atoms with Crippen LogP contribution >= 0.6 is 12.4 Å². The standard InChI is InChI=1S/C18H23N.ClH/c1-2-3-14-17(19)18(15-10-6-4-7-11-15)16-12-8-5-9-13-16;/h4-13,17-18H,2-3,14,19H2,1H3;1H. The lowest BCUT2D eigenvalue weighted by atomic mass is 9.83. The fraction of sp³-hybridized carbons (Fsp3) is 0.333. The van der Waals surface area contributed by atoms with Crippen LogP contribution in [-0.2, 0) is 0 Å². The lowest BCUT2D eigenvalue weighted by Gasteiger charge is -2.25. The number of halogens is 1. The van der Waals surface area contributed by atoms with Crippen LogP contribution in [0.1, 0.15) is 43.2 Å². The summed E-state index contributed by atoms with van der Waals surface area (Å²) in [5.74, 6) is 0.300. The Morgan fingerprint density at radius 3 is 1.70 bits per heavy atom. The van der Waals surface area contributed by atoms with Crippen LogP contribution in [0.4, 0.5) is 0 Å². The summed E-state index contributed by atoms with van der Waals surface area (Å²) < 4.78 is 0. The van der Waals surface area contributed by atoms with Crippen molar-refractivity contribution < 1.29 is 0 Å². The molecule has 0 saturated carbocycles. The molecular formula is C18H24ClN. The zero-order chi connectivity index (χ0) is 13.5. The first-order valence-electron chi connectivity index (χ1n) is 7.18. The maximum Gasteiger partial charge on any atom is 0.0241 e. The molecule has 0 aromatic heterocycles. The molecule has 0 heterocycles. The first-order chi connectivity index (χ1) is 9.33. The predicted octanol–water partition coefficient (Wildman–Crippen LogP) is 4.76. The Morgan fingerprint density at radius 2 is 1.30 bits per heavy atom. The number of nitrogens with two attached hydrogens (primary N) is 1. The Kier molecular flexibility index (Phi) is 7.35. The van der Waals surface area contributed by atoms with Crippen LogP contribution in [0.25, 0.3) is 0 Å². The summed E-state index contributed by atoms with van der Waals surface area (Å²) in [6.45, 7) is 2.22. The average Bonchev–Trinajstić information content (AvgIpc) is 2.47. The van der Waals surface area contributed by atoms with Gasteiger partial charge in [-0.15, -0.1) is 12.4 Å². The Bertz CT molecular complexity index is 430. The van der Waals surface area contributed by atoms with E-state index in [1.807, 2.05) is 0 Å². The summed E-state index contributed by atoms with van der Waals surface area (Å²) in [4.78, 5) is 0. The summed E-state index contributed by atoms with van der Waals surface area (Å²) in [7, 11) is 0. The van der Waals surface area contributed by atoms with Gasteiger partial charge in [0.15, 0.2) is 0 Å². The third-order valence-corrected chi connectivity index (χ3v) is 3.64. The second kappa shape index (κ2) is 8.78. The largest absolute Gasteiger partial charge is 0.327 e. The highest BCUT2D eigenvalue weighted by atomic mass is 35.5. The van der Waals surface area contributed by atoms with E-state index >= 15 is 0 Å². The summed E-state index contributed by atoms with van der Waals surface area (Å²) in [5.41, 5.74) is 9.10. The SMILES string of the molecule is CCCCC(N)C(c1ccccc1)c1ccccc1.Cl. The molecule has 2 aromatic rings. The van der Waals surface area contributed by atoms with Gasteiger partial charge < -0.3 is 5.73 Å². The van der Waals surface area contributed by atoms with Gasteiger partial charge in [0.1, 0.15) is 0 Å². The highest BCUT2D eigenvalue weighted by molar-refractivity contribution is 5.85. The van der Waals surface area contributed by atoms with Gasteiger partial charge in [-0.3, -0.25) is 0 Å². The van der Waals surface area contributed by atoms with Gasteiger partial charge in [-0.2, -0.15) is 0 Å². The lowest BCUT2D eigenvalue weighted by Crippen LogP contribution is -2.29. The fourth-order valence-electron chi connectivity index (χ4n) is 2.61. The Morgan fingerprint density at radius 1 is 0.850 bits per heavy atom. The zero-order valence-electron chi connectivity index (χ0n) is 12.0. The molecule has 0 bridgehead atoms. The van der Waals surface area contributed by atoms with Gasteiger partial charge >= 0.3 is 0 Å². The number of hydrogen-bond donors (Lipinski definition) is 1. The molecule has 1 unspecified atom stereocenters. The smallest absolute Gasteiger partial charge is 0.0241 e. The molecule has 0 aliphatic heterocycles. The molecule has 2 heteroatoms. The zero-order valence-corrected chi connectivity index (χ0v) is 12.9. The van der Waals surface area contributed by atoms with Gasteiger partial charge in [0.05, 0.1) is 0 Å². The maximum atomic E-state index is 6.47. The fourth-order valence-corrected chi connectivity index (χ4v) is 2.61. The van der Waals surface area contributed by atoms with E-state index < -0.39 is 0 Å². The molecule has 20 heavy (non-hydrogen) atoms. The number of benzene rings is 2. The molecular weight excluding hydrogens is 266 g/mol. The van der Waals surface area contributed by atoms with E-state index in [1.165, 1.54) is 24.0 Å². The van der Waals surface area contributed by atoms with Crippen LogP contribution < -0.4 is 5.73 Å². The van der Waals surface area contributed by atoms with Gasteiger partial charge in [0, 0.05) is 12.0 Å². The Hall–Kier alpha value is -1.31. The van der Waals surface area contributed by atoms with Gasteiger partial charge in [-0.25, -0.2) is 0 Å². The van der Waals surface area contributed by atoms with Crippen LogP contribution in [0.5, 0.6) is 0 Å². The molecule has 0 amide bonds. The van der Waals surface area contributed by atoms with Crippen molar-refractivity contribution in [2.45, 2.75) is 38.1 Å². The van der Waals surface area contributed by atoms with Crippen LogP contribution in [0, 0.1) is 0 Å². The van der Waals surface area contributed by atoms with Gasteiger partial charge in [-0.1, -0.05) is 80.4 Å². The Labute approximate surface area is 128 Å². The van der Waals surface area contributed by atoms with Crippen LogP contribution in [0.2, 0.25) is 0 Å². The van der Waals surface area contributed by atoms with Crippen LogP contribution in [-0.4, -0.2) is 6.04 Å². The van der Waals surface area contributed by atoms with Crippen LogP contribution in [0.15, 0.2) is 60.7 Å². The normalized spacial score (nSPS) is 11.9. The Balaban J connectivity index is 0.00000200. The second-order valence-electron chi connectivity index (χ2n) is 5.11. The molecule has 1 nitrogen and oxygen atoms in total. The molecule has 0 spiro atoms. The highest BCUT2D eigenvalue weighted by Gasteiger charge is 2.20. The second-order valence-corrected chi connectivity index (χ2v) is 5.11. The quantitative estimate of drug-likeness (QED) is 0.815. The highest BCUT2D eigenvalue weighted by Crippen LogP contribution is 2.29. The molecule has 0 radical (unpaired) electrons. The predicted molar refractivity (Wildman–Crippen MR) is 89.5 cm³/mol. The van der Waals surface area contributed by atoms with E-state index in [2.05, 4.69) is 67.6 Å². The van der Waals surface area contributed by atoms with Crippen molar-refractivity contribution in [2.24, 2.45) is 5.73 Å². The molecule has 0 aliphatic rings. The molecule has 2 rings (SSSR count). The summed E-state index contributed by atoms with van der Waals surface area (Å²) in [6, 6.07) is 21.4. The van der Waals surface area contributed by atoms with Crippen molar-refractivity contribution >= 4 is 12.4 Å². The van der Waals surface area contributed by atoms with Crippen molar-refractivity contribution in [1.29, 1.82) is 0 Å². The molecule has 2 N–H and O–H groups in total. The third-order valence-electron chi connectivity index (χ3n) is 3.64. The summed E-state index contributed by atoms with van der Waals surface area (Å²) in [5, 5.41) is 0. The molecule has 1 atom stereocenters. The van der Waals surface area contributed by atoms with Crippen molar-refractivity contribution in [3.8, 4) is 0 Å². The molecule has 108 valence electrons. The average molecular weight is 290 g/mol.